The molecule has 0 bridgehead atoms. The third kappa shape index (κ3) is 9.94. The van der Waals surface area contributed by atoms with E-state index in [1.165, 1.54) is 45.3 Å². The molecule has 2 aromatic rings. The molecule has 4 rings (SSSR count). The molecule has 8 nitrogen and oxygen atoms in total. The summed E-state index contributed by atoms with van der Waals surface area (Å²) in [4.78, 5) is 19.6. The molecule has 0 radical (unpaired) electrons. The van der Waals surface area contributed by atoms with Crippen molar-refractivity contribution >= 4 is 17.6 Å². The van der Waals surface area contributed by atoms with Crippen molar-refractivity contribution in [3.05, 3.63) is 94.5 Å². The Balaban J connectivity index is 1.62. The van der Waals surface area contributed by atoms with Crippen LogP contribution in [0.4, 0.5) is 10.1 Å². The van der Waals surface area contributed by atoms with E-state index in [1.54, 1.807) is 26.3 Å². The van der Waals surface area contributed by atoms with Gasteiger partial charge in [-0.2, -0.15) is 0 Å². The number of ether oxygens (including phenoxy) is 3. The molecule has 2 aliphatic rings. The average molecular weight is 619 g/mol. The van der Waals surface area contributed by atoms with E-state index >= 15 is 0 Å². The Kier molecular flexibility index (Phi) is 12.6. The minimum absolute atomic E-state index is 0.220. The number of likely N-dealkylation sites (N-methyl/N-ethyl adjacent to an activating group) is 1. The molecule has 0 amide bonds. The molecular formula is C36H47FN4O4. The second-order valence-electron chi connectivity index (χ2n) is 11.7. The quantitative estimate of drug-likeness (QED) is 0.268. The lowest BCUT2D eigenvalue weighted by Gasteiger charge is -2.32. The highest BCUT2D eigenvalue weighted by Crippen LogP contribution is 2.27. The lowest BCUT2D eigenvalue weighted by molar-refractivity contribution is 0.0600. The fourth-order valence-electron chi connectivity index (χ4n) is 5.76. The van der Waals surface area contributed by atoms with E-state index in [4.69, 9.17) is 19.2 Å². The number of carbonyl (C=O) groups is 1. The Hall–Kier alpha value is -4.11. The van der Waals surface area contributed by atoms with Gasteiger partial charge in [0, 0.05) is 43.1 Å². The number of nitrogens with one attached hydrogen (secondary N) is 2. The van der Waals surface area contributed by atoms with Crippen LogP contribution >= 0.6 is 0 Å². The van der Waals surface area contributed by atoms with Gasteiger partial charge in [-0.3, -0.25) is 4.90 Å². The second-order valence-corrected chi connectivity index (χ2v) is 11.7. The van der Waals surface area contributed by atoms with E-state index in [-0.39, 0.29) is 24.3 Å². The normalized spacial score (nSPS) is 22.4. The lowest BCUT2D eigenvalue weighted by Crippen LogP contribution is -2.33. The molecule has 2 N–H and O–H groups in total. The summed E-state index contributed by atoms with van der Waals surface area (Å²) in [6.45, 7) is 3.55. The highest BCUT2D eigenvalue weighted by Gasteiger charge is 2.21. The van der Waals surface area contributed by atoms with E-state index in [1.807, 2.05) is 49.4 Å². The Bertz CT molecular complexity index is 1410. The first-order chi connectivity index (χ1) is 21.8. The third-order valence-electron chi connectivity index (χ3n) is 8.34. The zero-order chi connectivity index (χ0) is 32.2. The largest absolute Gasteiger partial charge is 0.497 e. The van der Waals surface area contributed by atoms with Gasteiger partial charge in [-0.05, 0) is 79.4 Å². The molecule has 0 spiro atoms. The number of nitrogens with zero attached hydrogens (tertiary/aromatic N) is 2. The zero-order valence-corrected chi connectivity index (χ0v) is 27.2. The van der Waals surface area contributed by atoms with Gasteiger partial charge in [-0.25, -0.2) is 14.2 Å². The standard InChI is InChI=1S/C36H47FN4O4/c1-25-17-28(35(40-22-31(38-2)20-30(37)18-25)45-24-26-11-14-33(43-4)15-12-26)21-39-34-16-13-27(36(42)44-5)19-29(34)23-41(3)32-9-7-6-8-10-32/h11-20,25,32,38-39H,6-10,21-24H2,1-5H3/b28-17-,30-18+,31-20+,40-35+. The average Bonchev–Trinajstić information content (AvgIpc) is 3.06. The number of anilines is 1. The molecule has 242 valence electrons. The first-order valence-electron chi connectivity index (χ1n) is 15.7. The monoisotopic (exact) mass is 618 g/mol. The van der Waals surface area contributed by atoms with Gasteiger partial charge in [-0.1, -0.05) is 44.4 Å². The van der Waals surface area contributed by atoms with E-state index in [0.29, 0.717) is 42.9 Å². The van der Waals surface area contributed by atoms with Gasteiger partial charge < -0.3 is 24.8 Å². The predicted molar refractivity (Wildman–Crippen MR) is 178 cm³/mol. The fourth-order valence-corrected chi connectivity index (χ4v) is 5.76. The van der Waals surface area contributed by atoms with Crippen molar-refractivity contribution < 1.29 is 23.4 Å². The van der Waals surface area contributed by atoms with Crippen molar-refractivity contribution in [2.75, 3.05) is 46.7 Å². The summed E-state index contributed by atoms with van der Waals surface area (Å²) in [6.07, 6.45) is 11.2. The van der Waals surface area contributed by atoms with Crippen molar-refractivity contribution in [3.63, 3.8) is 0 Å². The minimum atomic E-state index is -0.365. The molecule has 1 fully saturated rings. The molecule has 1 aliphatic carbocycles. The van der Waals surface area contributed by atoms with Crippen LogP contribution in [0.3, 0.4) is 0 Å². The number of halogens is 1. The maximum atomic E-state index is 14.8. The first-order valence-corrected chi connectivity index (χ1v) is 15.7. The topological polar surface area (TPSA) is 84.4 Å². The Morgan fingerprint density at radius 2 is 1.82 bits per heavy atom. The predicted octanol–water partition coefficient (Wildman–Crippen LogP) is 6.81. The number of hydrogen-bond acceptors (Lipinski definition) is 8. The molecule has 1 saturated carbocycles. The molecule has 1 heterocycles. The smallest absolute Gasteiger partial charge is 0.337 e. The van der Waals surface area contributed by atoms with Crippen LogP contribution in [-0.2, 0) is 22.6 Å². The van der Waals surface area contributed by atoms with Crippen molar-refractivity contribution in [3.8, 4) is 5.75 Å². The fraction of sp³-hybridized carbons (Fsp3) is 0.444. The second kappa shape index (κ2) is 16.8. The molecule has 0 aromatic heterocycles. The maximum absolute atomic E-state index is 14.8. The summed E-state index contributed by atoms with van der Waals surface area (Å²) in [5, 5.41) is 6.63. The summed E-state index contributed by atoms with van der Waals surface area (Å²) in [5.74, 6) is 0.348. The van der Waals surface area contributed by atoms with Crippen molar-refractivity contribution in [2.24, 2.45) is 10.9 Å². The van der Waals surface area contributed by atoms with Gasteiger partial charge in [-0.15, -0.1) is 0 Å². The molecule has 1 aliphatic heterocycles. The number of benzene rings is 2. The summed E-state index contributed by atoms with van der Waals surface area (Å²) in [5.41, 5.74) is 4.84. The summed E-state index contributed by atoms with van der Waals surface area (Å²) >= 11 is 0. The van der Waals surface area contributed by atoms with Crippen LogP contribution < -0.4 is 15.4 Å². The molecule has 9 heteroatoms. The lowest BCUT2D eigenvalue weighted by atomic mass is 9.94. The maximum Gasteiger partial charge on any atom is 0.337 e. The Labute approximate surface area is 267 Å². The van der Waals surface area contributed by atoms with Gasteiger partial charge in [0.2, 0.25) is 5.90 Å². The highest BCUT2D eigenvalue weighted by atomic mass is 19.1. The summed E-state index contributed by atoms with van der Waals surface area (Å²) in [6, 6.07) is 13.8. The number of aliphatic imine (C=N–C) groups is 1. The third-order valence-corrected chi connectivity index (χ3v) is 8.34. The van der Waals surface area contributed by atoms with Gasteiger partial charge in [0.15, 0.2) is 0 Å². The SMILES string of the molecule is CN/C1=C/C(F)=C\C(C)/C=C(CNc2ccc(C(=O)OC)cc2CN(C)C2CCCCC2)\C(OCc2ccc(OC)cc2)=N/C1. The van der Waals surface area contributed by atoms with E-state index in [0.717, 1.165) is 28.1 Å². The van der Waals surface area contributed by atoms with Gasteiger partial charge in [0.1, 0.15) is 18.2 Å². The van der Waals surface area contributed by atoms with Crippen LogP contribution in [-0.4, -0.2) is 64.2 Å². The highest BCUT2D eigenvalue weighted by molar-refractivity contribution is 5.95. The van der Waals surface area contributed by atoms with Gasteiger partial charge >= 0.3 is 5.97 Å². The molecule has 45 heavy (non-hydrogen) atoms. The summed E-state index contributed by atoms with van der Waals surface area (Å²) < 4.78 is 31.4. The van der Waals surface area contributed by atoms with Crippen LogP contribution in [0.1, 0.15) is 60.5 Å². The first kappa shape index (κ1) is 33.8. The van der Waals surface area contributed by atoms with Crippen molar-refractivity contribution in [2.45, 2.75) is 58.2 Å². The van der Waals surface area contributed by atoms with Crippen LogP contribution in [0.5, 0.6) is 5.75 Å². The van der Waals surface area contributed by atoms with E-state index in [9.17, 15) is 9.18 Å². The van der Waals surface area contributed by atoms with Crippen molar-refractivity contribution in [1.82, 2.24) is 10.2 Å². The molecule has 1 unspecified atom stereocenters. The Morgan fingerprint density at radius 3 is 2.51 bits per heavy atom. The van der Waals surface area contributed by atoms with Gasteiger partial charge in [0.05, 0.1) is 26.3 Å². The number of hydrogen-bond donors (Lipinski definition) is 2. The minimum Gasteiger partial charge on any atom is -0.497 e. The Morgan fingerprint density at radius 1 is 1.07 bits per heavy atom. The molecule has 0 saturated heterocycles. The van der Waals surface area contributed by atoms with E-state index < -0.39 is 0 Å². The van der Waals surface area contributed by atoms with Crippen LogP contribution in [0.2, 0.25) is 0 Å². The number of carbonyl (C=O) groups excluding carboxylic acids is 1. The number of rotatable bonds is 11. The van der Waals surface area contributed by atoms with Crippen LogP contribution in [0.15, 0.2) is 82.8 Å². The van der Waals surface area contributed by atoms with Gasteiger partial charge in [0.25, 0.3) is 0 Å². The van der Waals surface area contributed by atoms with Crippen LogP contribution in [0, 0.1) is 5.92 Å². The number of methoxy groups -OCH3 is 2. The molecule has 2 aromatic carbocycles. The van der Waals surface area contributed by atoms with Crippen LogP contribution in [0.25, 0.3) is 0 Å². The number of allylic oxidation sites excluding steroid dienone is 4. The van der Waals surface area contributed by atoms with E-state index in [2.05, 4.69) is 22.6 Å². The zero-order valence-electron chi connectivity index (χ0n) is 27.2. The summed E-state index contributed by atoms with van der Waals surface area (Å²) in [7, 11) is 6.94. The molecule has 1 atom stereocenters. The number of esters is 1. The molecular weight excluding hydrogens is 571 g/mol. The van der Waals surface area contributed by atoms with Crippen molar-refractivity contribution in [1.29, 1.82) is 0 Å².